The summed E-state index contributed by atoms with van der Waals surface area (Å²) < 4.78 is 1.85. The first-order valence-electron chi connectivity index (χ1n) is 7.74. The molecule has 0 N–H and O–H groups in total. The van der Waals surface area contributed by atoms with Gasteiger partial charge in [0, 0.05) is 28.2 Å². The fourth-order valence-corrected chi connectivity index (χ4v) is 3.83. The Balaban J connectivity index is 2.51. The molecule has 0 aliphatic heterocycles. The fourth-order valence-electron chi connectivity index (χ4n) is 2.82. The molecule has 4 heteroatoms. The monoisotopic (exact) mass is 304 g/mol. The molecule has 0 aliphatic carbocycles. The summed E-state index contributed by atoms with van der Waals surface area (Å²) in [7, 11) is 0. The second-order valence-electron chi connectivity index (χ2n) is 5.36. The van der Waals surface area contributed by atoms with Crippen LogP contribution in [0.15, 0.2) is 22.3 Å². The molecule has 0 spiro atoms. The van der Waals surface area contributed by atoms with E-state index in [2.05, 4.69) is 29.4 Å². The number of aromatic nitrogens is 2. The Bertz CT molecular complexity index is 697. The Morgan fingerprint density at radius 3 is 2.81 bits per heavy atom. The summed E-state index contributed by atoms with van der Waals surface area (Å²) in [5.74, 6) is 0.418. The summed E-state index contributed by atoms with van der Waals surface area (Å²) in [6, 6.07) is 0. The van der Waals surface area contributed by atoms with E-state index in [9.17, 15) is 4.79 Å². The summed E-state index contributed by atoms with van der Waals surface area (Å²) in [5.41, 5.74) is 2.98. The van der Waals surface area contributed by atoms with Crippen molar-refractivity contribution in [2.24, 2.45) is 0 Å². The number of nitrogens with zero attached hydrogens (tertiary/aromatic N) is 2. The molecule has 0 aromatic carbocycles. The van der Waals surface area contributed by atoms with E-state index in [0.717, 1.165) is 47.6 Å². The lowest BCUT2D eigenvalue weighted by molar-refractivity contribution is 0.589. The molecule has 0 fully saturated rings. The largest absolute Gasteiger partial charge is 0.269 e. The number of hydrogen-bond donors (Lipinski definition) is 0. The van der Waals surface area contributed by atoms with Crippen LogP contribution in [-0.4, -0.2) is 9.38 Å². The van der Waals surface area contributed by atoms with Gasteiger partial charge in [0.2, 0.25) is 0 Å². The van der Waals surface area contributed by atoms with Gasteiger partial charge in [-0.3, -0.25) is 9.20 Å². The Labute approximate surface area is 130 Å². The van der Waals surface area contributed by atoms with Crippen molar-refractivity contribution < 1.29 is 0 Å². The third kappa shape index (κ3) is 3.10. The Kier molecular flexibility index (Phi) is 5.34. The van der Waals surface area contributed by atoms with Crippen LogP contribution >= 0.6 is 11.3 Å². The van der Waals surface area contributed by atoms with Crippen molar-refractivity contribution in [3.8, 4) is 0 Å². The average Bonchev–Trinajstić information content (AvgIpc) is 2.88. The zero-order chi connectivity index (χ0) is 15.4. The zero-order valence-electron chi connectivity index (χ0n) is 13.3. The van der Waals surface area contributed by atoms with Crippen LogP contribution in [0.25, 0.3) is 4.96 Å². The Morgan fingerprint density at radius 1 is 1.43 bits per heavy atom. The van der Waals surface area contributed by atoms with E-state index in [1.807, 2.05) is 25.2 Å². The molecular weight excluding hydrogens is 280 g/mol. The molecule has 114 valence electrons. The van der Waals surface area contributed by atoms with Gasteiger partial charge in [-0.05, 0) is 39.5 Å². The minimum atomic E-state index is 0.126. The first-order chi connectivity index (χ1) is 10.1. The highest BCUT2D eigenvalue weighted by atomic mass is 32.1. The first kappa shape index (κ1) is 16.0. The van der Waals surface area contributed by atoms with Gasteiger partial charge in [-0.2, -0.15) is 0 Å². The lowest BCUT2D eigenvalue weighted by Gasteiger charge is -2.14. The number of aryl methyl sites for hydroxylation is 1. The molecule has 1 atom stereocenters. The molecule has 0 aliphatic rings. The highest BCUT2D eigenvalue weighted by Gasteiger charge is 2.18. The minimum absolute atomic E-state index is 0.126. The third-order valence-electron chi connectivity index (χ3n) is 4.08. The standard InChI is InChI=1S/C17H24N2OS/c1-5-8-9-10-13(6-2)15-11-21-17-18-12(4)14(7-3)16(20)19(15)17/h5,8,11,13H,6-7,9-10H2,1-4H3. The van der Waals surface area contributed by atoms with Gasteiger partial charge in [0.25, 0.3) is 5.56 Å². The van der Waals surface area contributed by atoms with Crippen LogP contribution in [0.5, 0.6) is 0 Å². The van der Waals surface area contributed by atoms with E-state index >= 15 is 0 Å². The van der Waals surface area contributed by atoms with Crippen LogP contribution in [0.4, 0.5) is 0 Å². The molecule has 0 amide bonds. The van der Waals surface area contributed by atoms with Crippen molar-refractivity contribution in [3.05, 3.63) is 44.8 Å². The summed E-state index contributed by atoms with van der Waals surface area (Å²) in [6.07, 6.45) is 8.20. The lowest BCUT2D eigenvalue weighted by Crippen LogP contribution is -2.22. The normalized spacial score (nSPS) is 13.3. The molecule has 0 bridgehead atoms. The van der Waals surface area contributed by atoms with E-state index in [1.54, 1.807) is 11.3 Å². The molecule has 21 heavy (non-hydrogen) atoms. The van der Waals surface area contributed by atoms with Gasteiger partial charge >= 0.3 is 0 Å². The first-order valence-corrected chi connectivity index (χ1v) is 8.62. The van der Waals surface area contributed by atoms with Gasteiger partial charge in [-0.25, -0.2) is 4.98 Å². The maximum atomic E-state index is 12.7. The molecule has 0 saturated heterocycles. The van der Waals surface area contributed by atoms with Crippen LogP contribution in [0.2, 0.25) is 0 Å². The Morgan fingerprint density at radius 2 is 2.19 bits per heavy atom. The highest BCUT2D eigenvalue weighted by molar-refractivity contribution is 7.15. The Hall–Kier alpha value is -1.42. The zero-order valence-corrected chi connectivity index (χ0v) is 14.2. The predicted molar refractivity (Wildman–Crippen MR) is 90.5 cm³/mol. The highest BCUT2D eigenvalue weighted by Crippen LogP contribution is 2.28. The van der Waals surface area contributed by atoms with E-state index < -0.39 is 0 Å². The van der Waals surface area contributed by atoms with Crippen LogP contribution in [0, 0.1) is 6.92 Å². The molecule has 2 heterocycles. The lowest BCUT2D eigenvalue weighted by atomic mass is 9.97. The molecule has 2 rings (SSSR count). The van der Waals surface area contributed by atoms with Crippen molar-refractivity contribution in [3.63, 3.8) is 0 Å². The van der Waals surface area contributed by atoms with Gasteiger partial charge in [0.1, 0.15) is 0 Å². The van der Waals surface area contributed by atoms with Gasteiger partial charge < -0.3 is 0 Å². The topological polar surface area (TPSA) is 34.4 Å². The number of fused-ring (bicyclic) bond motifs is 1. The molecule has 2 aromatic heterocycles. The summed E-state index contributed by atoms with van der Waals surface area (Å²) in [6.45, 7) is 8.19. The SMILES string of the molecule is CC=CCCC(CC)c1csc2nc(C)c(CC)c(=O)n12. The summed E-state index contributed by atoms with van der Waals surface area (Å²) in [4.78, 5) is 18.2. The van der Waals surface area contributed by atoms with Crippen LogP contribution < -0.4 is 5.56 Å². The maximum Gasteiger partial charge on any atom is 0.262 e. The molecule has 1 unspecified atom stereocenters. The van der Waals surface area contributed by atoms with Crippen molar-refractivity contribution in [2.45, 2.75) is 59.3 Å². The van der Waals surface area contributed by atoms with Gasteiger partial charge in [-0.1, -0.05) is 26.0 Å². The fraction of sp³-hybridized carbons (Fsp3) is 0.529. The maximum absolute atomic E-state index is 12.7. The van der Waals surface area contributed by atoms with Gasteiger partial charge in [0.15, 0.2) is 4.96 Å². The molecule has 0 saturated carbocycles. The molecule has 0 radical (unpaired) electrons. The summed E-state index contributed by atoms with van der Waals surface area (Å²) in [5, 5.41) is 2.12. The van der Waals surface area contributed by atoms with Crippen molar-refractivity contribution >= 4 is 16.3 Å². The average molecular weight is 304 g/mol. The van der Waals surface area contributed by atoms with E-state index in [0.29, 0.717) is 5.92 Å². The van der Waals surface area contributed by atoms with Crippen LogP contribution in [0.1, 0.15) is 62.9 Å². The van der Waals surface area contributed by atoms with E-state index in [1.165, 1.54) is 0 Å². The van der Waals surface area contributed by atoms with Crippen LogP contribution in [0.3, 0.4) is 0 Å². The third-order valence-corrected chi connectivity index (χ3v) is 4.92. The molecule has 2 aromatic rings. The van der Waals surface area contributed by atoms with Crippen molar-refractivity contribution in [2.75, 3.05) is 0 Å². The van der Waals surface area contributed by atoms with Crippen molar-refractivity contribution in [1.29, 1.82) is 0 Å². The minimum Gasteiger partial charge on any atom is -0.269 e. The van der Waals surface area contributed by atoms with Crippen molar-refractivity contribution in [1.82, 2.24) is 9.38 Å². The van der Waals surface area contributed by atoms with Gasteiger partial charge in [-0.15, -0.1) is 11.3 Å². The quantitative estimate of drug-likeness (QED) is 0.738. The number of thiazole rings is 1. The summed E-state index contributed by atoms with van der Waals surface area (Å²) >= 11 is 1.58. The van der Waals surface area contributed by atoms with E-state index in [-0.39, 0.29) is 5.56 Å². The second kappa shape index (κ2) is 7.03. The second-order valence-corrected chi connectivity index (χ2v) is 6.20. The number of rotatable bonds is 6. The van der Waals surface area contributed by atoms with E-state index in [4.69, 9.17) is 0 Å². The van der Waals surface area contributed by atoms with Gasteiger partial charge in [0.05, 0.1) is 0 Å². The van der Waals surface area contributed by atoms with Crippen LogP contribution in [-0.2, 0) is 6.42 Å². The smallest absolute Gasteiger partial charge is 0.262 e. The molecule has 3 nitrogen and oxygen atoms in total. The number of hydrogen-bond acceptors (Lipinski definition) is 3. The molecular formula is C17H24N2OS. The predicted octanol–water partition coefficient (Wildman–Crippen LogP) is 4.48. The number of allylic oxidation sites excluding steroid dienone is 2.